The van der Waals surface area contributed by atoms with E-state index in [-0.39, 0.29) is 0 Å². The average Bonchev–Trinajstić information content (AvgIpc) is 3.47. The fourth-order valence-electron chi connectivity index (χ4n) is 5.12. The van der Waals surface area contributed by atoms with E-state index in [9.17, 15) is 0 Å². The van der Waals surface area contributed by atoms with Crippen molar-refractivity contribution in [3.8, 4) is 0 Å². The highest BCUT2D eigenvalue weighted by Crippen LogP contribution is 2.22. The number of benzene rings is 1. The van der Waals surface area contributed by atoms with Crippen LogP contribution in [-0.2, 0) is 30.7 Å². The maximum Gasteiger partial charge on any atom is 0.0928 e. The van der Waals surface area contributed by atoms with Crippen LogP contribution in [-0.4, -0.2) is 43.8 Å². The zero-order valence-corrected chi connectivity index (χ0v) is 20.0. The molecule has 0 saturated carbocycles. The van der Waals surface area contributed by atoms with Gasteiger partial charge in [0.1, 0.15) is 0 Å². The van der Waals surface area contributed by atoms with E-state index in [2.05, 4.69) is 53.4 Å². The molecule has 0 fully saturated rings. The highest BCUT2D eigenvalue weighted by molar-refractivity contribution is 5.58. The minimum Gasteiger partial charge on any atom is -0.375 e. The number of hydrogen-bond donors (Lipinski definition) is 0. The predicted octanol–water partition coefficient (Wildman–Crippen LogP) is 4.93. The van der Waals surface area contributed by atoms with E-state index in [4.69, 9.17) is 14.9 Å². The highest BCUT2D eigenvalue weighted by atomic mass is 16.5. The van der Waals surface area contributed by atoms with Crippen LogP contribution >= 0.6 is 0 Å². The molecule has 178 valence electrons. The lowest BCUT2D eigenvalue weighted by atomic mass is 10.00. The molecule has 0 saturated heterocycles. The van der Waals surface area contributed by atoms with Crippen LogP contribution in [0.5, 0.6) is 0 Å². The van der Waals surface area contributed by atoms with Crippen LogP contribution in [0.25, 0.3) is 11.0 Å². The smallest absolute Gasteiger partial charge is 0.0928 e. The van der Waals surface area contributed by atoms with E-state index in [0.717, 1.165) is 74.3 Å². The van der Waals surface area contributed by atoms with Gasteiger partial charge in [0.2, 0.25) is 0 Å². The average molecular weight is 466 g/mol. The summed E-state index contributed by atoms with van der Waals surface area (Å²) in [6.45, 7) is 4.65. The van der Waals surface area contributed by atoms with Crippen molar-refractivity contribution in [3.05, 3.63) is 107 Å². The molecule has 6 nitrogen and oxygen atoms in total. The summed E-state index contributed by atoms with van der Waals surface area (Å²) in [5.74, 6) is 0. The molecule has 35 heavy (non-hydrogen) atoms. The lowest BCUT2D eigenvalue weighted by molar-refractivity contribution is 0.110. The van der Waals surface area contributed by atoms with E-state index in [0.29, 0.717) is 6.61 Å². The normalized spacial score (nSPS) is 14.1. The number of nitrogens with zero attached hydrogens (tertiary/aromatic N) is 5. The fraction of sp³-hybridized carbons (Fsp3) is 0.310. The van der Waals surface area contributed by atoms with E-state index < -0.39 is 0 Å². The van der Waals surface area contributed by atoms with Crippen LogP contribution in [0.15, 0.2) is 79.1 Å². The van der Waals surface area contributed by atoms with Crippen molar-refractivity contribution in [2.45, 2.75) is 38.8 Å². The van der Waals surface area contributed by atoms with Crippen molar-refractivity contribution in [1.82, 2.24) is 24.1 Å². The third kappa shape index (κ3) is 4.85. The second kappa shape index (κ2) is 10.0. The summed E-state index contributed by atoms with van der Waals surface area (Å²) in [5, 5.41) is 9.57. The minimum absolute atomic E-state index is 0.529. The lowest BCUT2D eigenvalue weighted by Gasteiger charge is -2.28. The van der Waals surface area contributed by atoms with E-state index in [1.54, 1.807) is 0 Å². The summed E-state index contributed by atoms with van der Waals surface area (Å²) in [7, 11) is 0. The Hall–Kier alpha value is -3.48. The first-order chi connectivity index (χ1) is 17.3. The van der Waals surface area contributed by atoms with Crippen LogP contribution in [0.4, 0.5) is 0 Å². The van der Waals surface area contributed by atoms with Gasteiger partial charge in [0.25, 0.3) is 0 Å². The molecule has 5 aromatic rings. The first-order valence-electron chi connectivity index (χ1n) is 12.6. The molecule has 0 spiro atoms. The molecule has 4 aromatic heterocycles. The zero-order chi connectivity index (χ0) is 23.5. The maximum atomic E-state index is 6.11. The van der Waals surface area contributed by atoms with Crippen molar-refractivity contribution in [2.24, 2.45) is 0 Å². The predicted molar refractivity (Wildman–Crippen MR) is 138 cm³/mol. The third-order valence-corrected chi connectivity index (χ3v) is 6.97. The van der Waals surface area contributed by atoms with Gasteiger partial charge in [-0.15, -0.1) is 0 Å². The van der Waals surface area contributed by atoms with Gasteiger partial charge in [0, 0.05) is 44.1 Å². The first kappa shape index (κ1) is 22.0. The van der Waals surface area contributed by atoms with Gasteiger partial charge in [-0.25, -0.2) is 9.03 Å². The Morgan fingerprint density at radius 2 is 1.66 bits per heavy atom. The first-order valence-corrected chi connectivity index (χ1v) is 12.6. The van der Waals surface area contributed by atoms with Gasteiger partial charge in [0.15, 0.2) is 0 Å². The van der Waals surface area contributed by atoms with E-state index >= 15 is 0 Å². The monoisotopic (exact) mass is 465 g/mol. The molecule has 1 aliphatic heterocycles. The largest absolute Gasteiger partial charge is 0.375 e. The van der Waals surface area contributed by atoms with Crippen molar-refractivity contribution in [3.63, 3.8) is 0 Å². The van der Waals surface area contributed by atoms with Crippen LogP contribution in [0.2, 0.25) is 0 Å². The molecule has 6 rings (SSSR count). The summed E-state index contributed by atoms with van der Waals surface area (Å²) < 4.78 is 10.00. The zero-order valence-electron chi connectivity index (χ0n) is 20.0. The molecular formula is C29H31N5O. The Morgan fingerprint density at radius 3 is 2.57 bits per heavy atom. The Morgan fingerprint density at radius 1 is 0.829 bits per heavy atom. The number of aromatic nitrogens is 4. The van der Waals surface area contributed by atoms with Gasteiger partial charge in [0.05, 0.1) is 29.0 Å². The quantitative estimate of drug-likeness (QED) is 0.290. The molecule has 0 N–H and O–H groups in total. The number of unbranched alkanes of at least 4 members (excludes halogenated alkanes) is 1. The van der Waals surface area contributed by atoms with Gasteiger partial charge >= 0.3 is 0 Å². The molecule has 6 heteroatoms. The summed E-state index contributed by atoms with van der Waals surface area (Å²) in [5.41, 5.74) is 8.46. The molecule has 1 aliphatic rings. The second-order valence-corrected chi connectivity index (χ2v) is 9.39. The molecule has 0 unspecified atom stereocenters. The number of fused-ring (bicyclic) bond motifs is 3. The van der Waals surface area contributed by atoms with Gasteiger partial charge in [-0.05, 0) is 67.3 Å². The van der Waals surface area contributed by atoms with Gasteiger partial charge in [-0.2, -0.15) is 10.2 Å². The van der Waals surface area contributed by atoms with Crippen molar-refractivity contribution in [2.75, 3.05) is 19.7 Å². The number of rotatable bonds is 9. The van der Waals surface area contributed by atoms with Crippen molar-refractivity contribution >= 4 is 11.0 Å². The molecule has 0 amide bonds. The van der Waals surface area contributed by atoms with Gasteiger partial charge in [-0.1, -0.05) is 36.4 Å². The van der Waals surface area contributed by atoms with Gasteiger partial charge < -0.3 is 4.74 Å². The minimum atomic E-state index is 0.529. The molecule has 1 aromatic carbocycles. The van der Waals surface area contributed by atoms with Crippen molar-refractivity contribution < 1.29 is 4.74 Å². The van der Waals surface area contributed by atoms with Crippen LogP contribution in [0, 0.1) is 0 Å². The Kier molecular flexibility index (Phi) is 6.30. The van der Waals surface area contributed by atoms with Crippen LogP contribution in [0.1, 0.15) is 40.9 Å². The topological polar surface area (TPSA) is 47.1 Å². The summed E-state index contributed by atoms with van der Waals surface area (Å²) in [6, 6.07) is 23.3. The van der Waals surface area contributed by atoms with Crippen LogP contribution < -0.4 is 0 Å². The number of hydrogen-bond acceptors (Lipinski definition) is 4. The molecule has 5 heterocycles. The Bertz CT molecular complexity index is 1400. The SMILES string of the molecule is c1ccc2c(c1)CCN(CCCCOCc1nn3ccccc3c1Cc1cc3ccccn3n1)C2. The van der Waals surface area contributed by atoms with E-state index in [1.165, 1.54) is 16.7 Å². The summed E-state index contributed by atoms with van der Waals surface area (Å²) in [6.07, 6.45) is 8.11. The fourth-order valence-corrected chi connectivity index (χ4v) is 5.12. The van der Waals surface area contributed by atoms with Crippen molar-refractivity contribution in [1.29, 1.82) is 0 Å². The second-order valence-electron chi connectivity index (χ2n) is 9.39. The maximum absolute atomic E-state index is 6.11. The highest BCUT2D eigenvalue weighted by Gasteiger charge is 2.16. The molecule has 0 radical (unpaired) electrons. The van der Waals surface area contributed by atoms with Crippen LogP contribution in [0.3, 0.4) is 0 Å². The molecule has 0 atom stereocenters. The number of ether oxygens (including phenoxy) is 1. The molecule has 0 aliphatic carbocycles. The number of pyridine rings is 2. The molecule has 0 bridgehead atoms. The van der Waals surface area contributed by atoms with E-state index in [1.807, 2.05) is 39.6 Å². The standard InChI is InChI=1S/C29H31N5O/c1-2-10-24-21-32(17-13-23(24)9-1)14-7-8-18-35-22-28-27(29-12-4-6-16-34(29)31-28)20-25-19-26-11-3-5-15-33(26)30-25/h1-6,9-12,15-16,19H,7-8,13-14,17-18,20-22H2. The molecular weight excluding hydrogens is 434 g/mol. The lowest BCUT2D eigenvalue weighted by Crippen LogP contribution is -2.31. The Labute approximate surface area is 205 Å². The summed E-state index contributed by atoms with van der Waals surface area (Å²) in [4.78, 5) is 2.57. The third-order valence-electron chi connectivity index (χ3n) is 6.97. The van der Waals surface area contributed by atoms with Gasteiger partial charge in [-0.3, -0.25) is 4.90 Å². The Balaban J connectivity index is 1.05. The summed E-state index contributed by atoms with van der Waals surface area (Å²) >= 11 is 0.